The molecule has 3 heterocycles. The standard InChI is InChI=1S/C19H20FN5O2/c1-13-8-10-25-17(22-23-19(25)21-13)18(26)24-9-4-5-14(11-24)12-27-16-7-3-2-6-15(16)20/h2-3,6-8,10,14H,4-5,9,11-12H2,1H3/t14-/m1/s1. The van der Waals surface area contributed by atoms with Crippen LogP contribution in [-0.4, -0.2) is 50.1 Å². The van der Waals surface area contributed by atoms with Crippen LogP contribution in [-0.2, 0) is 0 Å². The van der Waals surface area contributed by atoms with Gasteiger partial charge < -0.3 is 9.64 Å². The molecular formula is C19H20FN5O2. The zero-order valence-electron chi connectivity index (χ0n) is 15.0. The number of hydrogen-bond donors (Lipinski definition) is 0. The lowest BCUT2D eigenvalue weighted by Crippen LogP contribution is -2.42. The van der Waals surface area contributed by atoms with Crippen molar-refractivity contribution in [2.75, 3.05) is 19.7 Å². The van der Waals surface area contributed by atoms with Crippen molar-refractivity contribution >= 4 is 11.7 Å². The molecule has 1 aliphatic rings. The lowest BCUT2D eigenvalue weighted by Gasteiger charge is -2.32. The van der Waals surface area contributed by atoms with Crippen molar-refractivity contribution in [1.82, 2.24) is 24.5 Å². The van der Waals surface area contributed by atoms with Gasteiger partial charge in [0, 0.05) is 30.9 Å². The SMILES string of the molecule is Cc1ccn2c(C(=O)N3CCC[C@@H](COc4ccccc4F)C3)nnc2n1. The summed E-state index contributed by atoms with van der Waals surface area (Å²) in [6, 6.07) is 8.16. The number of hydrogen-bond acceptors (Lipinski definition) is 5. The van der Waals surface area contributed by atoms with E-state index in [-0.39, 0.29) is 29.2 Å². The molecule has 1 atom stereocenters. The number of aryl methyl sites for hydroxylation is 1. The van der Waals surface area contributed by atoms with Gasteiger partial charge in [0.25, 0.3) is 11.7 Å². The van der Waals surface area contributed by atoms with E-state index in [1.54, 1.807) is 33.7 Å². The molecule has 1 fully saturated rings. The van der Waals surface area contributed by atoms with Crippen molar-refractivity contribution in [3.8, 4) is 5.75 Å². The van der Waals surface area contributed by atoms with E-state index >= 15 is 0 Å². The number of carbonyl (C=O) groups excluding carboxylic acids is 1. The molecular weight excluding hydrogens is 349 g/mol. The van der Waals surface area contributed by atoms with Crippen molar-refractivity contribution in [2.45, 2.75) is 19.8 Å². The van der Waals surface area contributed by atoms with Gasteiger partial charge >= 0.3 is 0 Å². The Balaban J connectivity index is 1.44. The summed E-state index contributed by atoms with van der Waals surface area (Å²) in [4.78, 5) is 18.9. The maximum atomic E-state index is 13.7. The third kappa shape index (κ3) is 3.60. The number of nitrogens with zero attached hydrogens (tertiary/aromatic N) is 5. The Hall–Kier alpha value is -3.03. The number of fused-ring (bicyclic) bond motifs is 1. The Kier molecular flexibility index (Phi) is 4.70. The number of likely N-dealkylation sites (tertiary alicyclic amines) is 1. The smallest absolute Gasteiger partial charge is 0.292 e. The molecule has 140 valence electrons. The van der Waals surface area contributed by atoms with Crippen LogP contribution in [0.15, 0.2) is 36.5 Å². The molecule has 7 nitrogen and oxygen atoms in total. The van der Waals surface area contributed by atoms with E-state index in [4.69, 9.17) is 4.74 Å². The van der Waals surface area contributed by atoms with Crippen LogP contribution in [0.3, 0.4) is 0 Å². The number of aromatic nitrogens is 4. The monoisotopic (exact) mass is 369 g/mol. The van der Waals surface area contributed by atoms with Crippen molar-refractivity contribution in [2.24, 2.45) is 5.92 Å². The predicted octanol–water partition coefficient (Wildman–Crippen LogP) is 2.50. The van der Waals surface area contributed by atoms with Crippen LogP contribution in [0.1, 0.15) is 29.2 Å². The fourth-order valence-electron chi connectivity index (χ4n) is 3.32. The molecule has 1 amide bonds. The first kappa shape index (κ1) is 17.4. The number of carbonyl (C=O) groups is 1. The minimum atomic E-state index is -0.376. The molecule has 0 spiro atoms. The van der Waals surface area contributed by atoms with Crippen LogP contribution < -0.4 is 4.74 Å². The molecule has 1 saturated heterocycles. The highest BCUT2D eigenvalue weighted by Gasteiger charge is 2.28. The van der Waals surface area contributed by atoms with E-state index in [0.717, 1.165) is 18.5 Å². The maximum Gasteiger partial charge on any atom is 0.292 e. The van der Waals surface area contributed by atoms with Gasteiger partial charge in [0.2, 0.25) is 5.82 Å². The Labute approximate surface area is 155 Å². The van der Waals surface area contributed by atoms with Gasteiger partial charge in [0.05, 0.1) is 6.61 Å². The number of para-hydroxylation sites is 1. The first-order chi connectivity index (χ1) is 13.1. The molecule has 0 radical (unpaired) electrons. The van der Waals surface area contributed by atoms with Gasteiger partial charge in [-0.25, -0.2) is 9.37 Å². The van der Waals surface area contributed by atoms with E-state index in [1.165, 1.54) is 6.07 Å². The van der Waals surface area contributed by atoms with Gasteiger partial charge in [-0.1, -0.05) is 12.1 Å². The third-order valence-electron chi connectivity index (χ3n) is 4.73. The largest absolute Gasteiger partial charge is 0.490 e. The average Bonchev–Trinajstić information content (AvgIpc) is 3.10. The number of amides is 1. The summed E-state index contributed by atoms with van der Waals surface area (Å²) in [7, 11) is 0. The number of rotatable bonds is 4. The van der Waals surface area contributed by atoms with Gasteiger partial charge in [-0.15, -0.1) is 10.2 Å². The van der Waals surface area contributed by atoms with Gasteiger partial charge in [-0.05, 0) is 38.0 Å². The Morgan fingerprint density at radius 1 is 1.30 bits per heavy atom. The van der Waals surface area contributed by atoms with Gasteiger partial charge in [-0.3, -0.25) is 9.20 Å². The molecule has 0 bridgehead atoms. The molecule has 1 aliphatic heterocycles. The Morgan fingerprint density at radius 2 is 2.15 bits per heavy atom. The summed E-state index contributed by atoms with van der Waals surface area (Å²) in [6.07, 6.45) is 3.55. The lowest BCUT2D eigenvalue weighted by atomic mass is 9.99. The molecule has 2 aromatic heterocycles. The summed E-state index contributed by atoms with van der Waals surface area (Å²) in [5.74, 6) is 0.499. The highest BCUT2D eigenvalue weighted by atomic mass is 19.1. The number of halogens is 1. The van der Waals surface area contributed by atoms with Crippen LogP contribution in [0.2, 0.25) is 0 Å². The zero-order valence-corrected chi connectivity index (χ0v) is 15.0. The molecule has 8 heteroatoms. The Bertz CT molecular complexity index is 974. The summed E-state index contributed by atoms with van der Waals surface area (Å²) < 4.78 is 20.9. The quantitative estimate of drug-likeness (QED) is 0.707. The van der Waals surface area contributed by atoms with Gasteiger partial charge in [-0.2, -0.15) is 0 Å². The molecule has 0 saturated carbocycles. The molecule has 4 rings (SSSR count). The van der Waals surface area contributed by atoms with E-state index in [1.807, 2.05) is 13.0 Å². The van der Waals surface area contributed by atoms with E-state index in [2.05, 4.69) is 15.2 Å². The summed E-state index contributed by atoms with van der Waals surface area (Å²) in [5, 5.41) is 8.01. The van der Waals surface area contributed by atoms with Crippen LogP contribution in [0, 0.1) is 18.7 Å². The molecule has 0 N–H and O–H groups in total. The zero-order chi connectivity index (χ0) is 18.8. The molecule has 0 unspecified atom stereocenters. The average molecular weight is 369 g/mol. The molecule has 1 aromatic carbocycles. The first-order valence-corrected chi connectivity index (χ1v) is 8.97. The number of benzene rings is 1. The second kappa shape index (κ2) is 7.30. The summed E-state index contributed by atoms with van der Waals surface area (Å²) >= 11 is 0. The van der Waals surface area contributed by atoms with Crippen molar-refractivity contribution in [1.29, 1.82) is 0 Å². The second-order valence-corrected chi connectivity index (χ2v) is 6.76. The highest BCUT2D eigenvalue weighted by molar-refractivity contribution is 5.91. The first-order valence-electron chi connectivity index (χ1n) is 8.97. The third-order valence-corrected chi connectivity index (χ3v) is 4.73. The van der Waals surface area contributed by atoms with Crippen LogP contribution in [0.25, 0.3) is 5.78 Å². The molecule has 27 heavy (non-hydrogen) atoms. The fraction of sp³-hybridized carbons (Fsp3) is 0.368. The summed E-state index contributed by atoms with van der Waals surface area (Å²) in [5.41, 5.74) is 0.817. The maximum absolute atomic E-state index is 13.7. The van der Waals surface area contributed by atoms with Crippen LogP contribution >= 0.6 is 0 Å². The topological polar surface area (TPSA) is 72.6 Å². The Morgan fingerprint density at radius 3 is 3.00 bits per heavy atom. The minimum Gasteiger partial charge on any atom is -0.490 e. The predicted molar refractivity (Wildman–Crippen MR) is 96.0 cm³/mol. The van der Waals surface area contributed by atoms with Gasteiger partial charge in [0.15, 0.2) is 11.6 Å². The molecule has 3 aromatic rings. The number of piperidine rings is 1. The normalized spacial score (nSPS) is 17.3. The van der Waals surface area contributed by atoms with Crippen molar-refractivity contribution in [3.63, 3.8) is 0 Å². The van der Waals surface area contributed by atoms with E-state index < -0.39 is 0 Å². The van der Waals surface area contributed by atoms with E-state index in [9.17, 15) is 9.18 Å². The van der Waals surface area contributed by atoms with Gasteiger partial charge in [0.1, 0.15) is 0 Å². The highest BCUT2D eigenvalue weighted by Crippen LogP contribution is 2.22. The second-order valence-electron chi connectivity index (χ2n) is 6.76. The fourth-order valence-corrected chi connectivity index (χ4v) is 3.32. The minimum absolute atomic E-state index is 0.141. The van der Waals surface area contributed by atoms with Crippen LogP contribution in [0.5, 0.6) is 5.75 Å². The lowest BCUT2D eigenvalue weighted by molar-refractivity contribution is 0.0618. The number of ether oxygens (including phenoxy) is 1. The van der Waals surface area contributed by atoms with E-state index in [0.29, 0.717) is 25.5 Å². The van der Waals surface area contributed by atoms with Crippen molar-refractivity contribution in [3.05, 3.63) is 53.9 Å². The summed E-state index contributed by atoms with van der Waals surface area (Å²) in [6.45, 7) is 3.43. The van der Waals surface area contributed by atoms with Crippen molar-refractivity contribution < 1.29 is 13.9 Å². The molecule has 0 aliphatic carbocycles. The van der Waals surface area contributed by atoms with Crippen LogP contribution in [0.4, 0.5) is 4.39 Å².